The maximum absolute atomic E-state index is 3.99. The maximum Gasteiger partial charge on any atom is 0.0182 e. The van der Waals surface area contributed by atoms with Crippen molar-refractivity contribution in [2.24, 2.45) is 11.8 Å². The van der Waals surface area contributed by atoms with Crippen molar-refractivity contribution >= 4 is 11.8 Å². The Bertz CT molecular complexity index is 195. The predicted molar refractivity (Wildman–Crippen MR) is 67.5 cm³/mol. The molecule has 0 aromatic heterocycles. The fraction of sp³-hybridized carbons (Fsp3) is 0.692. The average molecular weight is 210 g/mol. The summed E-state index contributed by atoms with van der Waals surface area (Å²) in [6.07, 6.45) is 9.63. The van der Waals surface area contributed by atoms with Crippen molar-refractivity contribution < 1.29 is 0 Å². The van der Waals surface area contributed by atoms with Gasteiger partial charge in [0.15, 0.2) is 0 Å². The zero-order valence-corrected chi connectivity index (χ0v) is 10.2. The van der Waals surface area contributed by atoms with Crippen molar-refractivity contribution in [2.45, 2.75) is 44.8 Å². The number of hydrogen-bond acceptors (Lipinski definition) is 1. The minimum atomic E-state index is 0.708. The Morgan fingerprint density at radius 3 is 2.93 bits per heavy atom. The van der Waals surface area contributed by atoms with Gasteiger partial charge in [0.25, 0.3) is 0 Å². The fourth-order valence-electron chi connectivity index (χ4n) is 2.22. The second kappa shape index (κ2) is 6.34. The first kappa shape index (κ1) is 11.9. The third kappa shape index (κ3) is 2.91. The molecule has 1 heteroatoms. The van der Waals surface area contributed by atoms with Crippen molar-refractivity contribution in [3.8, 4) is 0 Å². The van der Waals surface area contributed by atoms with Crippen molar-refractivity contribution in [3.05, 3.63) is 24.1 Å². The third-order valence-electron chi connectivity index (χ3n) is 3.11. The van der Waals surface area contributed by atoms with Crippen LogP contribution in [0.2, 0.25) is 0 Å². The van der Waals surface area contributed by atoms with E-state index >= 15 is 0 Å². The highest BCUT2D eigenvalue weighted by Gasteiger charge is 2.27. The van der Waals surface area contributed by atoms with Crippen molar-refractivity contribution in [2.75, 3.05) is 0 Å². The van der Waals surface area contributed by atoms with Gasteiger partial charge in [-0.1, -0.05) is 38.8 Å². The molecule has 0 saturated carbocycles. The van der Waals surface area contributed by atoms with Crippen LogP contribution in [0, 0.1) is 11.8 Å². The molecule has 0 fully saturated rings. The minimum absolute atomic E-state index is 0.708. The summed E-state index contributed by atoms with van der Waals surface area (Å²) in [4.78, 5) is 0. The Labute approximate surface area is 92.9 Å². The van der Waals surface area contributed by atoms with E-state index in [1.54, 1.807) is 0 Å². The van der Waals surface area contributed by atoms with Gasteiger partial charge in [-0.15, -0.1) is 18.3 Å². The van der Waals surface area contributed by atoms with Crippen LogP contribution in [-0.4, -0.2) is 5.25 Å². The lowest BCUT2D eigenvalue weighted by atomic mass is 9.87. The van der Waals surface area contributed by atoms with Crippen LogP contribution < -0.4 is 0 Å². The second-order valence-electron chi connectivity index (χ2n) is 4.06. The molecule has 0 aliphatic carbocycles. The number of thioether (sulfide) groups is 1. The van der Waals surface area contributed by atoms with Gasteiger partial charge in [0, 0.05) is 5.25 Å². The molecule has 0 radical (unpaired) electrons. The SMILES string of the molecule is C=CC(CCC)C1SC=CCC1CC. The van der Waals surface area contributed by atoms with Crippen molar-refractivity contribution in [3.63, 3.8) is 0 Å². The molecule has 0 amide bonds. The maximum atomic E-state index is 3.99. The van der Waals surface area contributed by atoms with Gasteiger partial charge in [-0.25, -0.2) is 0 Å². The molecular weight excluding hydrogens is 188 g/mol. The molecule has 0 aromatic rings. The molecule has 0 saturated heterocycles. The highest BCUT2D eigenvalue weighted by molar-refractivity contribution is 8.02. The molecule has 0 spiro atoms. The first-order valence-electron chi connectivity index (χ1n) is 5.76. The van der Waals surface area contributed by atoms with Crippen LogP contribution in [-0.2, 0) is 0 Å². The van der Waals surface area contributed by atoms with E-state index < -0.39 is 0 Å². The summed E-state index contributed by atoms with van der Waals surface area (Å²) in [5.74, 6) is 1.57. The lowest BCUT2D eigenvalue weighted by Crippen LogP contribution is -2.25. The van der Waals surface area contributed by atoms with Crippen LogP contribution in [0.15, 0.2) is 24.1 Å². The van der Waals surface area contributed by atoms with Crippen molar-refractivity contribution in [1.82, 2.24) is 0 Å². The molecule has 1 heterocycles. The Morgan fingerprint density at radius 1 is 1.57 bits per heavy atom. The Hall–Kier alpha value is -0.170. The van der Waals surface area contributed by atoms with Crippen LogP contribution >= 0.6 is 11.8 Å². The summed E-state index contributed by atoms with van der Waals surface area (Å²) >= 11 is 2.02. The number of rotatable bonds is 5. The van der Waals surface area contributed by atoms with E-state index in [4.69, 9.17) is 0 Å². The normalized spacial score (nSPS) is 28.7. The van der Waals surface area contributed by atoms with E-state index in [1.165, 1.54) is 25.7 Å². The summed E-state index contributed by atoms with van der Waals surface area (Å²) < 4.78 is 0. The van der Waals surface area contributed by atoms with E-state index in [-0.39, 0.29) is 0 Å². The molecule has 0 bridgehead atoms. The van der Waals surface area contributed by atoms with Crippen molar-refractivity contribution in [1.29, 1.82) is 0 Å². The van der Waals surface area contributed by atoms with Gasteiger partial charge in [0.1, 0.15) is 0 Å². The van der Waals surface area contributed by atoms with E-state index in [1.807, 2.05) is 11.8 Å². The first-order chi connectivity index (χ1) is 6.83. The Kier molecular flexibility index (Phi) is 5.39. The first-order valence-corrected chi connectivity index (χ1v) is 6.70. The molecule has 0 nitrogen and oxygen atoms in total. The standard InChI is InChI=1S/C13H22S/c1-4-8-11(5-2)13-12(6-3)9-7-10-14-13/h5,7,10-13H,2,4,6,8-9H2,1,3H3. The molecule has 14 heavy (non-hydrogen) atoms. The molecule has 80 valence electrons. The van der Waals surface area contributed by atoms with Crippen LogP contribution in [0.5, 0.6) is 0 Å². The van der Waals surface area contributed by atoms with Gasteiger partial charge in [0.2, 0.25) is 0 Å². The van der Waals surface area contributed by atoms with Crippen LogP contribution in [0.4, 0.5) is 0 Å². The third-order valence-corrected chi connectivity index (χ3v) is 4.50. The Balaban J connectivity index is 2.61. The lowest BCUT2D eigenvalue weighted by Gasteiger charge is -2.32. The predicted octanol–water partition coefficient (Wildman–Crippen LogP) is 4.63. The quantitative estimate of drug-likeness (QED) is 0.596. The molecule has 1 aliphatic heterocycles. The van der Waals surface area contributed by atoms with E-state index in [9.17, 15) is 0 Å². The molecule has 1 aliphatic rings. The van der Waals surface area contributed by atoms with E-state index in [0.717, 1.165) is 11.2 Å². The van der Waals surface area contributed by atoms with Crippen LogP contribution in [0.25, 0.3) is 0 Å². The zero-order chi connectivity index (χ0) is 10.4. The van der Waals surface area contributed by atoms with Gasteiger partial charge in [0.05, 0.1) is 0 Å². The zero-order valence-electron chi connectivity index (χ0n) is 9.41. The van der Waals surface area contributed by atoms with Crippen LogP contribution in [0.3, 0.4) is 0 Å². The largest absolute Gasteiger partial charge is 0.130 e. The molecule has 3 unspecified atom stereocenters. The number of hydrogen-bond donors (Lipinski definition) is 0. The monoisotopic (exact) mass is 210 g/mol. The number of allylic oxidation sites excluding steroid dienone is 2. The minimum Gasteiger partial charge on any atom is -0.130 e. The summed E-state index contributed by atoms with van der Waals surface area (Å²) in [5.41, 5.74) is 0. The summed E-state index contributed by atoms with van der Waals surface area (Å²) in [7, 11) is 0. The Morgan fingerprint density at radius 2 is 2.36 bits per heavy atom. The van der Waals surface area contributed by atoms with Gasteiger partial charge in [-0.3, -0.25) is 0 Å². The fourth-order valence-corrected chi connectivity index (χ4v) is 3.60. The molecule has 0 aromatic carbocycles. The summed E-state index contributed by atoms with van der Waals surface area (Å²) in [6, 6.07) is 0. The topological polar surface area (TPSA) is 0 Å². The van der Waals surface area contributed by atoms with Gasteiger partial charge in [-0.2, -0.15) is 0 Å². The molecular formula is C13H22S. The molecule has 0 N–H and O–H groups in total. The van der Waals surface area contributed by atoms with E-state index in [0.29, 0.717) is 5.92 Å². The summed E-state index contributed by atoms with van der Waals surface area (Å²) in [5, 5.41) is 3.06. The van der Waals surface area contributed by atoms with Gasteiger partial charge < -0.3 is 0 Å². The molecule has 1 rings (SSSR count). The lowest BCUT2D eigenvalue weighted by molar-refractivity contribution is 0.404. The van der Waals surface area contributed by atoms with Crippen LogP contribution in [0.1, 0.15) is 39.5 Å². The van der Waals surface area contributed by atoms with Gasteiger partial charge >= 0.3 is 0 Å². The average Bonchev–Trinajstić information content (AvgIpc) is 2.26. The van der Waals surface area contributed by atoms with Gasteiger partial charge in [-0.05, 0) is 30.1 Å². The van der Waals surface area contributed by atoms with E-state index in [2.05, 4.69) is 38.0 Å². The smallest absolute Gasteiger partial charge is 0.0182 e. The summed E-state index contributed by atoms with van der Waals surface area (Å²) in [6.45, 7) is 8.56. The highest BCUT2D eigenvalue weighted by Crippen LogP contribution is 2.38. The highest BCUT2D eigenvalue weighted by atomic mass is 32.2. The second-order valence-corrected chi connectivity index (χ2v) is 5.15. The molecule has 3 atom stereocenters.